The van der Waals surface area contributed by atoms with E-state index in [9.17, 15) is 13.2 Å². The molecule has 30 heavy (non-hydrogen) atoms. The molecule has 3 rings (SSSR count). The number of sulfonamides is 1. The van der Waals surface area contributed by atoms with Gasteiger partial charge in [-0.1, -0.05) is 24.6 Å². The quantitative estimate of drug-likeness (QED) is 0.537. The predicted molar refractivity (Wildman–Crippen MR) is 116 cm³/mol. The Labute approximate surface area is 180 Å². The first-order valence-electron chi connectivity index (χ1n) is 9.13. The zero-order valence-electron chi connectivity index (χ0n) is 16.1. The number of carbonyl (C=O) groups excluding carboxylic acids is 1. The lowest BCUT2D eigenvalue weighted by Gasteiger charge is -2.17. The van der Waals surface area contributed by atoms with Crippen LogP contribution in [0.25, 0.3) is 0 Å². The monoisotopic (exact) mass is 445 g/mol. The van der Waals surface area contributed by atoms with E-state index in [2.05, 4.69) is 15.0 Å². The molecule has 0 bridgehead atoms. The van der Waals surface area contributed by atoms with Crippen molar-refractivity contribution in [3.05, 3.63) is 78.1 Å². The molecule has 0 radical (unpaired) electrons. The van der Waals surface area contributed by atoms with Crippen LogP contribution in [0.3, 0.4) is 0 Å². The number of rotatable bonds is 8. The van der Waals surface area contributed by atoms with Gasteiger partial charge in [0.15, 0.2) is 6.10 Å². The molecule has 3 aromatic rings. The van der Waals surface area contributed by atoms with Crippen molar-refractivity contribution in [3.8, 4) is 5.75 Å². The van der Waals surface area contributed by atoms with E-state index in [4.69, 9.17) is 16.3 Å². The van der Waals surface area contributed by atoms with Crippen LogP contribution in [0, 0.1) is 0 Å². The van der Waals surface area contributed by atoms with E-state index in [0.717, 1.165) is 0 Å². The molecular formula is C21H20ClN3O4S. The average Bonchev–Trinajstić information content (AvgIpc) is 2.73. The molecule has 0 saturated carbocycles. The lowest BCUT2D eigenvalue weighted by atomic mass is 10.2. The van der Waals surface area contributed by atoms with Crippen LogP contribution in [0.2, 0.25) is 5.02 Å². The Morgan fingerprint density at radius 3 is 2.50 bits per heavy atom. The highest BCUT2D eigenvalue weighted by atomic mass is 35.5. The van der Waals surface area contributed by atoms with Crippen LogP contribution >= 0.6 is 11.6 Å². The number of carbonyl (C=O) groups is 1. The van der Waals surface area contributed by atoms with Crippen molar-refractivity contribution in [3.63, 3.8) is 0 Å². The molecule has 1 amide bonds. The first-order valence-corrected chi connectivity index (χ1v) is 11.0. The number of anilines is 2. The molecule has 1 unspecified atom stereocenters. The van der Waals surface area contributed by atoms with Crippen LogP contribution in [0.15, 0.2) is 78.0 Å². The number of aromatic nitrogens is 1. The van der Waals surface area contributed by atoms with E-state index in [1.54, 1.807) is 42.6 Å². The number of hydrogen-bond donors (Lipinski definition) is 2. The molecule has 1 heterocycles. The molecule has 0 fully saturated rings. The number of hydrogen-bond acceptors (Lipinski definition) is 5. The number of nitrogens with one attached hydrogen (secondary N) is 2. The number of benzene rings is 2. The van der Waals surface area contributed by atoms with Crippen molar-refractivity contribution in [1.29, 1.82) is 0 Å². The van der Waals surface area contributed by atoms with E-state index in [-0.39, 0.29) is 10.8 Å². The zero-order chi connectivity index (χ0) is 21.6. The molecule has 9 heteroatoms. The van der Waals surface area contributed by atoms with E-state index in [0.29, 0.717) is 28.6 Å². The van der Waals surface area contributed by atoms with Gasteiger partial charge in [0.2, 0.25) is 0 Å². The largest absolute Gasteiger partial charge is 0.481 e. The first kappa shape index (κ1) is 21.6. The minimum atomic E-state index is -3.76. The molecule has 156 valence electrons. The van der Waals surface area contributed by atoms with Gasteiger partial charge in [-0.25, -0.2) is 8.42 Å². The third-order valence-electron chi connectivity index (χ3n) is 4.08. The first-order chi connectivity index (χ1) is 14.4. The summed E-state index contributed by atoms with van der Waals surface area (Å²) in [6, 6.07) is 15.9. The molecule has 7 nitrogen and oxygen atoms in total. The van der Waals surface area contributed by atoms with Crippen LogP contribution in [-0.2, 0) is 14.8 Å². The van der Waals surface area contributed by atoms with Crippen molar-refractivity contribution >= 4 is 38.9 Å². The zero-order valence-corrected chi connectivity index (χ0v) is 17.7. The van der Waals surface area contributed by atoms with Crippen molar-refractivity contribution in [2.75, 3.05) is 10.0 Å². The van der Waals surface area contributed by atoms with Gasteiger partial charge >= 0.3 is 0 Å². The summed E-state index contributed by atoms with van der Waals surface area (Å²) < 4.78 is 33.1. The maximum atomic E-state index is 12.5. The SMILES string of the molecule is CCC(Oc1cccc(Cl)c1)C(=O)Nc1ccc(S(=O)(=O)Nc2cccnc2)cc1. The van der Waals surface area contributed by atoms with Crippen LogP contribution in [0.4, 0.5) is 11.4 Å². The van der Waals surface area contributed by atoms with Crippen molar-refractivity contribution in [1.82, 2.24) is 4.98 Å². The summed E-state index contributed by atoms with van der Waals surface area (Å²) in [4.78, 5) is 16.5. The van der Waals surface area contributed by atoms with Crippen molar-refractivity contribution < 1.29 is 17.9 Å². The second kappa shape index (κ2) is 9.60. The number of halogens is 1. The second-order valence-corrected chi connectivity index (χ2v) is 8.45. The Bertz CT molecular complexity index is 1110. The van der Waals surface area contributed by atoms with E-state index in [1.165, 1.54) is 30.5 Å². The Morgan fingerprint density at radius 1 is 1.10 bits per heavy atom. The van der Waals surface area contributed by atoms with Crippen LogP contribution in [0.1, 0.15) is 13.3 Å². The van der Waals surface area contributed by atoms with Gasteiger partial charge in [-0.3, -0.25) is 14.5 Å². The molecule has 2 aromatic carbocycles. The summed E-state index contributed by atoms with van der Waals surface area (Å²) in [5.41, 5.74) is 0.812. The fraction of sp³-hybridized carbons (Fsp3) is 0.143. The van der Waals surface area contributed by atoms with Gasteiger partial charge in [-0.2, -0.15) is 0 Å². The number of ether oxygens (including phenoxy) is 1. The lowest BCUT2D eigenvalue weighted by molar-refractivity contribution is -0.122. The maximum absolute atomic E-state index is 12.5. The minimum Gasteiger partial charge on any atom is -0.481 e. The Hall–Kier alpha value is -3.10. The molecular weight excluding hydrogens is 426 g/mol. The molecule has 0 saturated heterocycles. The summed E-state index contributed by atoms with van der Waals surface area (Å²) in [5, 5.41) is 3.25. The highest BCUT2D eigenvalue weighted by molar-refractivity contribution is 7.92. The smallest absolute Gasteiger partial charge is 0.265 e. The second-order valence-electron chi connectivity index (χ2n) is 6.33. The van der Waals surface area contributed by atoms with Gasteiger partial charge in [0, 0.05) is 16.9 Å². The van der Waals surface area contributed by atoms with E-state index >= 15 is 0 Å². The number of amides is 1. The fourth-order valence-electron chi connectivity index (χ4n) is 2.60. The lowest BCUT2D eigenvalue weighted by Crippen LogP contribution is -2.32. The van der Waals surface area contributed by atoms with E-state index < -0.39 is 16.1 Å². The van der Waals surface area contributed by atoms with Crippen LogP contribution in [-0.4, -0.2) is 25.4 Å². The standard InChI is InChI=1S/C21H20ClN3O4S/c1-2-20(29-18-7-3-5-15(22)13-18)21(26)24-16-8-10-19(11-9-16)30(27,28)25-17-6-4-12-23-14-17/h3-14,20,25H,2H2,1H3,(H,24,26). The van der Waals surface area contributed by atoms with Crippen LogP contribution < -0.4 is 14.8 Å². The summed E-state index contributed by atoms with van der Waals surface area (Å²) >= 11 is 5.95. The summed E-state index contributed by atoms with van der Waals surface area (Å²) in [5.74, 6) is 0.147. The van der Waals surface area contributed by atoms with E-state index in [1.807, 2.05) is 6.92 Å². The average molecular weight is 446 g/mol. The topological polar surface area (TPSA) is 97.4 Å². The van der Waals surface area contributed by atoms with Gasteiger partial charge in [0.05, 0.1) is 16.8 Å². The minimum absolute atomic E-state index is 0.0616. The van der Waals surface area contributed by atoms with Gasteiger partial charge in [-0.15, -0.1) is 0 Å². The molecule has 0 spiro atoms. The van der Waals surface area contributed by atoms with Gasteiger partial charge in [-0.05, 0) is 61.0 Å². The van der Waals surface area contributed by atoms with Gasteiger partial charge < -0.3 is 10.1 Å². The third-order valence-corrected chi connectivity index (χ3v) is 5.72. The number of nitrogens with zero attached hydrogens (tertiary/aromatic N) is 1. The molecule has 0 aliphatic carbocycles. The highest BCUT2D eigenvalue weighted by Gasteiger charge is 2.19. The maximum Gasteiger partial charge on any atom is 0.265 e. The molecule has 2 N–H and O–H groups in total. The molecule has 1 aromatic heterocycles. The number of pyridine rings is 1. The summed E-state index contributed by atoms with van der Waals surface area (Å²) in [7, 11) is -3.76. The third kappa shape index (κ3) is 5.71. The fourth-order valence-corrected chi connectivity index (χ4v) is 3.83. The van der Waals surface area contributed by atoms with Gasteiger partial charge in [0.1, 0.15) is 5.75 Å². The molecule has 0 aliphatic heterocycles. The molecule has 1 atom stereocenters. The Kier molecular flexibility index (Phi) is 6.91. The summed E-state index contributed by atoms with van der Waals surface area (Å²) in [6.45, 7) is 1.83. The molecule has 0 aliphatic rings. The Balaban J connectivity index is 1.66. The van der Waals surface area contributed by atoms with Gasteiger partial charge in [0.25, 0.3) is 15.9 Å². The highest BCUT2D eigenvalue weighted by Crippen LogP contribution is 2.21. The van der Waals surface area contributed by atoms with Crippen molar-refractivity contribution in [2.24, 2.45) is 0 Å². The normalized spacial score (nSPS) is 12.1. The predicted octanol–water partition coefficient (Wildman–Crippen LogP) is 4.33. The Morgan fingerprint density at radius 2 is 1.87 bits per heavy atom. The van der Waals surface area contributed by atoms with Crippen molar-refractivity contribution in [2.45, 2.75) is 24.3 Å². The summed E-state index contributed by atoms with van der Waals surface area (Å²) in [6.07, 6.45) is 2.69. The van der Waals surface area contributed by atoms with Crippen LogP contribution in [0.5, 0.6) is 5.75 Å².